The zero-order valence-corrected chi connectivity index (χ0v) is 8.60. The molecule has 0 unspecified atom stereocenters. The van der Waals surface area contributed by atoms with Gasteiger partial charge in [-0.25, -0.2) is 0 Å². The average Bonchev–Trinajstić information content (AvgIpc) is 2.01. The molecule has 1 atom stereocenters. The monoisotopic (exact) mass is 173 g/mol. The van der Waals surface area contributed by atoms with Gasteiger partial charge in [-0.3, -0.25) is 0 Å². The predicted molar refractivity (Wildman–Crippen MR) is 54.3 cm³/mol. The summed E-state index contributed by atoms with van der Waals surface area (Å²) in [6.45, 7) is 3.78. The maximum absolute atomic E-state index is 9.13. The molecule has 0 fully saturated rings. The molecule has 0 aromatic heterocycles. The minimum atomic E-state index is -1.20. The van der Waals surface area contributed by atoms with Crippen LogP contribution in [0.5, 0.6) is 0 Å². The van der Waals surface area contributed by atoms with Gasteiger partial charge in [-0.15, -0.1) is 0 Å². The van der Waals surface area contributed by atoms with Crippen molar-refractivity contribution in [1.29, 1.82) is 0 Å². The molecule has 0 aromatic carbocycles. The van der Waals surface area contributed by atoms with Gasteiger partial charge in [-0.05, 0) is 13.3 Å². The highest BCUT2D eigenvalue weighted by molar-refractivity contribution is 4.49. The van der Waals surface area contributed by atoms with Crippen molar-refractivity contribution < 1.29 is 6.48 Å². The summed E-state index contributed by atoms with van der Waals surface area (Å²) in [6, 6.07) is 0. The van der Waals surface area contributed by atoms with Gasteiger partial charge >= 0.3 is 0 Å². The quantitative estimate of drug-likeness (QED) is 0.557. The smallest absolute Gasteiger partial charge is 0.0597 e. The summed E-state index contributed by atoms with van der Waals surface area (Å²) in [5.74, 6) is 0. The van der Waals surface area contributed by atoms with E-state index in [4.69, 9.17) is 6.48 Å². The molecule has 1 nitrogen and oxygen atoms in total. The minimum absolute atomic E-state index is 0.612. The van der Waals surface area contributed by atoms with Crippen molar-refractivity contribution in [1.82, 2.24) is 0 Å². The summed E-state index contributed by atoms with van der Waals surface area (Å²) >= 11 is 0. The van der Waals surface area contributed by atoms with E-state index in [0.29, 0.717) is 6.42 Å². The van der Waals surface area contributed by atoms with Crippen molar-refractivity contribution in [3.8, 4) is 0 Å². The standard InChI is InChI=1S/C11H24O/c1-3-4-5-6-7-8-9-10-11(2)12/h11-12H,3-10H2,1-2H3/t11-/m0/s1/i11D. The van der Waals surface area contributed by atoms with Gasteiger partial charge in [-0.2, -0.15) is 0 Å². The van der Waals surface area contributed by atoms with E-state index in [-0.39, 0.29) is 0 Å². The van der Waals surface area contributed by atoms with Crippen molar-refractivity contribution >= 4 is 0 Å². The van der Waals surface area contributed by atoms with E-state index in [0.717, 1.165) is 6.42 Å². The predicted octanol–water partition coefficient (Wildman–Crippen LogP) is 3.51. The van der Waals surface area contributed by atoms with E-state index in [1.807, 2.05) is 0 Å². The van der Waals surface area contributed by atoms with E-state index in [1.165, 1.54) is 38.5 Å². The first kappa shape index (κ1) is 10.0. The summed E-state index contributed by atoms with van der Waals surface area (Å²) in [5.41, 5.74) is 0. The normalized spacial score (nSPS) is 17.1. The SMILES string of the molecule is [2H][C@@](C)(O)CCCCCCCCC. The van der Waals surface area contributed by atoms with Gasteiger partial charge in [0.25, 0.3) is 0 Å². The molecule has 0 amide bonds. The van der Waals surface area contributed by atoms with E-state index in [1.54, 1.807) is 6.92 Å². The number of aliphatic hydroxyl groups is 1. The third-order valence-corrected chi connectivity index (χ3v) is 2.14. The molecule has 0 aromatic rings. The van der Waals surface area contributed by atoms with Crippen LogP contribution in [0.4, 0.5) is 0 Å². The molecule has 0 rings (SSSR count). The van der Waals surface area contributed by atoms with Crippen LogP contribution in [0.15, 0.2) is 0 Å². The maximum atomic E-state index is 9.13. The Morgan fingerprint density at radius 1 is 1.08 bits per heavy atom. The first-order valence-corrected chi connectivity index (χ1v) is 5.28. The van der Waals surface area contributed by atoms with E-state index in [9.17, 15) is 0 Å². The molecule has 1 N–H and O–H groups in total. The highest BCUT2D eigenvalue weighted by atomic mass is 16.3. The summed E-state index contributed by atoms with van der Waals surface area (Å²) < 4.78 is 7.23. The van der Waals surface area contributed by atoms with Gasteiger partial charge in [0, 0.05) is 0 Å². The molecule has 0 aliphatic carbocycles. The lowest BCUT2D eigenvalue weighted by Crippen LogP contribution is -1.98. The van der Waals surface area contributed by atoms with Crippen LogP contribution in [0.3, 0.4) is 0 Å². The molecule has 0 bridgehead atoms. The first-order chi connectivity index (χ1) is 6.06. The van der Waals surface area contributed by atoms with Crippen LogP contribution in [0.1, 0.15) is 66.6 Å². The van der Waals surface area contributed by atoms with Crippen LogP contribution in [-0.2, 0) is 0 Å². The van der Waals surface area contributed by atoms with E-state index >= 15 is 0 Å². The van der Waals surface area contributed by atoms with Crippen LogP contribution < -0.4 is 0 Å². The Balaban J connectivity index is 3.00. The molecule has 0 spiro atoms. The lowest BCUT2D eigenvalue weighted by Gasteiger charge is -2.03. The Morgan fingerprint density at radius 3 is 2.08 bits per heavy atom. The van der Waals surface area contributed by atoms with Gasteiger partial charge in [-0.1, -0.05) is 51.9 Å². The van der Waals surface area contributed by atoms with Crippen molar-refractivity contribution in [2.75, 3.05) is 0 Å². The Kier molecular flexibility index (Phi) is 7.58. The van der Waals surface area contributed by atoms with Crippen LogP contribution >= 0.6 is 0 Å². The maximum Gasteiger partial charge on any atom is 0.0597 e. The second kappa shape index (κ2) is 9.05. The minimum Gasteiger partial charge on any atom is -0.393 e. The molecular weight excluding hydrogens is 148 g/mol. The lowest BCUT2D eigenvalue weighted by atomic mass is 10.1. The molecule has 0 heterocycles. The fourth-order valence-electron chi connectivity index (χ4n) is 1.34. The van der Waals surface area contributed by atoms with Crippen molar-refractivity contribution in [2.24, 2.45) is 0 Å². The molecule has 0 aliphatic heterocycles. The number of hydrogen-bond donors (Lipinski definition) is 1. The summed E-state index contributed by atoms with van der Waals surface area (Å²) in [7, 11) is 0. The zero-order chi connectivity index (χ0) is 10.2. The largest absolute Gasteiger partial charge is 0.393 e. The molecule has 74 valence electrons. The Hall–Kier alpha value is -0.0400. The summed E-state index contributed by atoms with van der Waals surface area (Å²) in [4.78, 5) is 0. The highest BCUT2D eigenvalue weighted by Gasteiger charge is 1.94. The van der Waals surface area contributed by atoms with Gasteiger partial charge in [0.2, 0.25) is 0 Å². The number of rotatable bonds is 8. The van der Waals surface area contributed by atoms with Gasteiger partial charge in [0.1, 0.15) is 0 Å². The topological polar surface area (TPSA) is 20.2 Å². The van der Waals surface area contributed by atoms with Gasteiger partial charge in [0.15, 0.2) is 0 Å². The van der Waals surface area contributed by atoms with Crippen LogP contribution in [0.25, 0.3) is 0 Å². The second-order valence-electron chi connectivity index (χ2n) is 3.61. The molecule has 0 saturated carbocycles. The van der Waals surface area contributed by atoms with Gasteiger partial charge in [0.05, 0.1) is 7.45 Å². The summed E-state index contributed by atoms with van der Waals surface area (Å²) in [5, 5.41) is 9.13. The average molecular weight is 173 g/mol. The van der Waals surface area contributed by atoms with E-state index < -0.39 is 6.08 Å². The molecule has 0 radical (unpaired) electrons. The van der Waals surface area contributed by atoms with Crippen molar-refractivity contribution in [3.63, 3.8) is 0 Å². The van der Waals surface area contributed by atoms with Crippen molar-refractivity contribution in [2.45, 2.75) is 71.3 Å². The van der Waals surface area contributed by atoms with Crippen molar-refractivity contribution in [3.05, 3.63) is 0 Å². The highest BCUT2D eigenvalue weighted by Crippen LogP contribution is 2.09. The third kappa shape index (κ3) is 9.96. The Bertz CT molecular complexity index is 107. The lowest BCUT2D eigenvalue weighted by molar-refractivity contribution is 0.180. The fraction of sp³-hybridized carbons (Fsp3) is 1.00. The Morgan fingerprint density at radius 2 is 1.58 bits per heavy atom. The van der Waals surface area contributed by atoms with Crippen LogP contribution in [-0.4, -0.2) is 11.2 Å². The molecule has 0 saturated heterocycles. The first-order valence-electron chi connectivity index (χ1n) is 5.78. The fourth-order valence-corrected chi connectivity index (χ4v) is 1.34. The Labute approximate surface area is 78.6 Å². The molecular formula is C11H24O. The third-order valence-electron chi connectivity index (χ3n) is 2.14. The van der Waals surface area contributed by atoms with E-state index in [2.05, 4.69) is 6.92 Å². The molecule has 1 heteroatoms. The van der Waals surface area contributed by atoms with Gasteiger partial charge < -0.3 is 5.11 Å². The molecule has 0 aliphatic rings. The second-order valence-corrected chi connectivity index (χ2v) is 3.61. The number of unbranched alkanes of at least 4 members (excludes halogenated alkanes) is 6. The molecule has 12 heavy (non-hydrogen) atoms. The zero-order valence-electron chi connectivity index (χ0n) is 9.60. The number of hydrogen-bond acceptors (Lipinski definition) is 1. The van der Waals surface area contributed by atoms with Crippen LogP contribution in [0, 0.1) is 0 Å². The van der Waals surface area contributed by atoms with Crippen LogP contribution in [0.2, 0.25) is 0 Å². The summed E-state index contributed by atoms with van der Waals surface area (Å²) in [6.07, 6.45) is 8.11.